The lowest BCUT2D eigenvalue weighted by Crippen LogP contribution is -2.37. The van der Waals surface area contributed by atoms with E-state index >= 15 is 0 Å². The van der Waals surface area contributed by atoms with E-state index in [1.54, 1.807) is 5.51 Å². The van der Waals surface area contributed by atoms with Crippen molar-refractivity contribution < 1.29 is 4.79 Å². The van der Waals surface area contributed by atoms with Gasteiger partial charge >= 0.3 is 0 Å². The summed E-state index contributed by atoms with van der Waals surface area (Å²) in [5.74, 6) is 0.0171. The maximum absolute atomic E-state index is 13.2. The van der Waals surface area contributed by atoms with Gasteiger partial charge < -0.3 is 5.32 Å². The third kappa shape index (κ3) is 2.74. The number of rotatable bonds is 3. The van der Waals surface area contributed by atoms with Gasteiger partial charge in [0.15, 0.2) is 0 Å². The van der Waals surface area contributed by atoms with Crippen LogP contribution in [0.4, 0.5) is 5.13 Å². The van der Waals surface area contributed by atoms with E-state index in [9.17, 15) is 4.79 Å². The SMILES string of the molecule is Cc1ccc2c(c1)C(c1ccccc1)C(C)(C(=O)Nc1nncs1)C2. The zero-order valence-electron chi connectivity index (χ0n) is 14.2. The summed E-state index contributed by atoms with van der Waals surface area (Å²) in [6.45, 7) is 4.15. The number of carbonyl (C=O) groups is 1. The Kier molecular flexibility index (Phi) is 3.88. The van der Waals surface area contributed by atoms with Crippen molar-refractivity contribution in [2.45, 2.75) is 26.2 Å². The first kappa shape index (κ1) is 16.0. The van der Waals surface area contributed by atoms with Gasteiger partial charge in [0.2, 0.25) is 11.0 Å². The highest BCUT2D eigenvalue weighted by Gasteiger charge is 2.48. The van der Waals surface area contributed by atoms with Crippen LogP contribution in [-0.4, -0.2) is 16.1 Å². The van der Waals surface area contributed by atoms with E-state index in [1.165, 1.54) is 33.6 Å². The number of benzene rings is 2. The molecule has 0 radical (unpaired) electrons. The second-order valence-corrected chi connectivity index (χ2v) is 7.67. The van der Waals surface area contributed by atoms with Crippen molar-refractivity contribution in [3.63, 3.8) is 0 Å². The average molecular weight is 349 g/mol. The Morgan fingerprint density at radius 3 is 2.76 bits per heavy atom. The molecule has 1 amide bonds. The molecule has 0 aliphatic heterocycles. The van der Waals surface area contributed by atoms with Gasteiger partial charge in [-0.05, 0) is 37.0 Å². The number of hydrogen-bond acceptors (Lipinski definition) is 4. The molecule has 1 aromatic heterocycles. The quantitative estimate of drug-likeness (QED) is 0.772. The van der Waals surface area contributed by atoms with Gasteiger partial charge in [0, 0.05) is 5.92 Å². The number of nitrogens with zero attached hydrogens (tertiary/aromatic N) is 2. The average Bonchev–Trinajstić information content (AvgIpc) is 3.21. The van der Waals surface area contributed by atoms with Crippen LogP contribution in [0.3, 0.4) is 0 Å². The first-order valence-corrected chi connectivity index (χ1v) is 9.18. The van der Waals surface area contributed by atoms with E-state index in [1.807, 2.05) is 18.2 Å². The third-order valence-corrected chi connectivity index (χ3v) is 5.65. The molecule has 0 spiro atoms. The molecule has 2 unspecified atom stereocenters. The molecule has 0 fully saturated rings. The first-order chi connectivity index (χ1) is 12.1. The smallest absolute Gasteiger partial charge is 0.233 e. The normalized spacial score (nSPS) is 21.8. The minimum atomic E-state index is -0.566. The summed E-state index contributed by atoms with van der Waals surface area (Å²) in [6.07, 6.45) is 0.715. The van der Waals surface area contributed by atoms with Crippen LogP contribution in [0.5, 0.6) is 0 Å². The highest BCUT2D eigenvalue weighted by atomic mass is 32.1. The summed E-state index contributed by atoms with van der Waals surface area (Å²) < 4.78 is 0. The van der Waals surface area contributed by atoms with Crippen LogP contribution in [-0.2, 0) is 11.2 Å². The fourth-order valence-corrected chi connectivity index (χ4v) is 4.30. The monoisotopic (exact) mass is 349 g/mol. The number of fused-ring (bicyclic) bond motifs is 1. The van der Waals surface area contributed by atoms with Crippen molar-refractivity contribution >= 4 is 22.4 Å². The van der Waals surface area contributed by atoms with Crippen molar-refractivity contribution in [2.75, 3.05) is 5.32 Å². The number of anilines is 1. The van der Waals surface area contributed by atoms with Crippen LogP contribution in [0, 0.1) is 12.3 Å². The number of amides is 1. The van der Waals surface area contributed by atoms with Gasteiger partial charge in [0.25, 0.3) is 0 Å². The lowest BCUT2D eigenvalue weighted by atomic mass is 9.73. The van der Waals surface area contributed by atoms with Crippen molar-refractivity contribution in [1.29, 1.82) is 0 Å². The van der Waals surface area contributed by atoms with Crippen molar-refractivity contribution in [3.05, 3.63) is 76.3 Å². The number of aromatic nitrogens is 2. The van der Waals surface area contributed by atoms with Gasteiger partial charge in [-0.3, -0.25) is 4.79 Å². The molecule has 1 aliphatic carbocycles. The molecule has 0 saturated heterocycles. The first-order valence-electron chi connectivity index (χ1n) is 8.30. The second kappa shape index (κ2) is 6.08. The highest BCUT2D eigenvalue weighted by Crippen LogP contribution is 2.51. The molecule has 5 heteroatoms. The molecule has 0 saturated carbocycles. The summed E-state index contributed by atoms with van der Waals surface area (Å²) in [6, 6.07) is 16.8. The van der Waals surface area contributed by atoms with E-state index < -0.39 is 5.41 Å². The Bertz CT molecular complexity index is 908. The molecule has 1 aliphatic rings. The molecule has 2 aromatic carbocycles. The zero-order valence-corrected chi connectivity index (χ0v) is 15.0. The van der Waals surface area contributed by atoms with Gasteiger partial charge in [0.05, 0.1) is 5.41 Å². The minimum absolute atomic E-state index is 0.00745. The van der Waals surface area contributed by atoms with Gasteiger partial charge in [-0.2, -0.15) is 0 Å². The van der Waals surface area contributed by atoms with Crippen LogP contribution in [0.2, 0.25) is 0 Å². The summed E-state index contributed by atoms with van der Waals surface area (Å²) in [7, 11) is 0. The second-order valence-electron chi connectivity index (χ2n) is 6.84. The molecule has 2 atom stereocenters. The van der Waals surface area contributed by atoms with Crippen LogP contribution in [0.1, 0.15) is 35.1 Å². The predicted molar refractivity (Wildman–Crippen MR) is 99.8 cm³/mol. The van der Waals surface area contributed by atoms with Gasteiger partial charge in [-0.15, -0.1) is 10.2 Å². The predicted octanol–water partition coefficient (Wildman–Crippen LogP) is 4.18. The Hall–Kier alpha value is -2.53. The Morgan fingerprint density at radius 1 is 1.24 bits per heavy atom. The lowest BCUT2D eigenvalue weighted by molar-refractivity contribution is -0.125. The molecular weight excluding hydrogens is 330 g/mol. The Balaban J connectivity index is 1.79. The molecule has 0 bridgehead atoms. The summed E-state index contributed by atoms with van der Waals surface area (Å²) in [5.41, 5.74) is 5.94. The minimum Gasteiger partial charge on any atom is -0.300 e. The van der Waals surface area contributed by atoms with E-state index in [-0.39, 0.29) is 11.8 Å². The Labute approximate surface area is 150 Å². The summed E-state index contributed by atoms with van der Waals surface area (Å²) in [5, 5.41) is 11.3. The fraction of sp³-hybridized carbons (Fsp3) is 0.250. The van der Waals surface area contributed by atoms with E-state index in [0.29, 0.717) is 11.6 Å². The molecule has 25 heavy (non-hydrogen) atoms. The standard InChI is InChI=1S/C20H19N3OS/c1-13-8-9-15-11-20(2,18(24)22-19-23-21-12-25-19)17(16(15)10-13)14-6-4-3-5-7-14/h3-10,12,17H,11H2,1-2H3,(H,22,23,24). The van der Waals surface area contributed by atoms with Crippen molar-refractivity contribution in [2.24, 2.45) is 5.41 Å². The van der Waals surface area contributed by atoms with E-state index in [2.05, 4.69) is 59.7 Å². The number of hydrogen-bond donors (Lipinski definition) is 1. The number of nitrogens with one attached hydrogen (secondary N) is 1. The fourth-order valence-electron chi connectivity index (χ4n) is 3.86. The van der Waals surface area contributed by atoms with Gasteiger partial charge in [-0.1, -0.05) is 65.4 Å². The van der Waals surface area contributed by atoms with Crippen LogP contribution in [0.25, 0.3) is 0 Å². The zero-order chi connectivity index (χ0) is 17.4. The molecule has 1 heterocycles. The third-order valence-electron chi connectivity index (χ3n) is 5.04. The molecule has 126 valence electrons. The largest absolute Gasteiger partial charge is 0.300 e. The molecular formula is C20H19N3OS. The maximum atomic E-state index is 13.2. The van der Waals surface area contributed by atoms with Gasteiger partial charge in [-0.25, -0.2) is 0 Å². The van der Waals surface area contributed by atoms with E-state index in [0.717, 1.165) is 0 Å². The van der Waals surface area contributed by atoms with E-state index in [4.69, 9.17) is 0 Å². The van der Waals surface area contributed by atoms with Crippen LogP contribution < -0.4 is 5.32 Å². The molecule has 4 nitrogen and oxygen atoms in total. The topological polar surface area (TPSA) is 54.9 Å². The van der Waals surface area contributed by atoms with Gasteiger partial charge in [0.1, 0.15) is 5.51 Å². The summed E-state index contributed by atoms with van der Waals surface area (Å²) >= 11 is 1.34. The Morgan fingerprint density at radius 2 is 2.04 bits per heavy atom. The number of carbonyl (C=O) groups excluding carboxylic acids is 1. The van der Waals surface area contributed by atoms with Crippen LogP contribution >= 0.6 is 11.3 Å². The van der Waals surface area contributed by atoms with Crippen molar-refractivity contribution in [1.82, 2.24) is 10.2 Å². The number of aryl methyl sites for hydroxylation is 1. The molecule has 1 N–H and O–H groups in total. The molecule has 3 aromatic rings. The maximum Gasteiger partial charge on any atom is 0.233 e. The summed E-state index contributed by atoms with van der Waals surface area (Å²) in [4.78, 5) is 13.2. The molecule has 4 rings (SSSR count). The van der Waals surface area contributed by atoms with Crippen molar-refractivity contribution in [3.8, 4) is 0 Å². The highest BCUT2D eigenvalue weighted by molar-refractivity contribution is 7.13. The van der Waals surface area contributed by atoms with Crippen LogP contribution in [0.15, 0.2) is 54.0 Å². The lowest BCUT2D eigenvalue weighted by Gasteiger charge is -2.30.